The van der Waals surface area contributed by atoms with Crippen molar-refractivity contribution in [1.82, 2.24) is 15.6 Å². The lowest BCUT2D eigenvalue weighted by atomic mass is 10.2. The molecule has 108 valence electrons. The van der Waals surface area contributed by atoms with Gasteiger partial charge in [-0.2, -0.15) is 0 Å². The second-order valence-corrected chi connectivity index (χ2v) is 5.03. The van der Waals surface area contributed by atoms with Crippen molar-refractivity contribution < 1.29 is 9.59 Å². The van der Waals surface area contributed by atoms with E-state index in [1.54, 1.807) is 13.1 Å². The summed E-state index contributed by atoms with van der Waals surface area (Å²) in [7, 11) is 1.71. The number of carbonyl (C=O) groups is 2. The zero-order valence-electron chi connectivity index (χ0n) is 11.2. The highest BCUT2D eigenvalue weighted by Gasteiger charge is 2.29. The van der Waals surface area contributed by atoms with Crippen molar-refractivity contribution in [2.45, 2.75) is 12.8 Å². The number of carbonyl (C=O) groups excluding carboxylic acids is 2. The summed E-state index contributed by atoms with van der Waals surface area (Å²) in [6.07, 6.45) is 3.37. The Bertz CT molecular complexity index is 517. The van der Waals surface area contributed by atoms with E-state index in [0.29, 0.717) is 29.5 Å². The van der Waals surface area contributed by atoms with Crippen LogP contribution in [-0.4, -0.2) is 36.9 Å². The summed E-state index contributed by atoms with van der Waals surface area (Å²) in [5, 5.41) is 8.63. The molecule has 1 saturated carbocycles. The van der Waals surface area contributed by atoms with E-state index < -0.39 is 0 Å². The lowest BCUT2D eigenvalue weighted by Crippen LogP contribution is -2.35. The van der Waals surface area contributed by atoms with Gasteiger partial charge < -0.3 is 16.0 Å². The molecule has 6 nitrogen and oxygen atoms in total. The number of rotatable bonds is 6. The Balaban J connectivity index is 1.80. The molecular weight excluding hydrogens is 280 g/mol. The first-order valence-electron chi connectivity index (χ1n) is 6.51. The average Bonchev–Trinajstić information content (AvgIpc) is 3.28. The average molecular weight is 297 g/mol. The van der Waals surface area contributed by atoms with Crippen LogP contribution < -0.4 is 16.0 Å². The summed E-state index contributed by atoms with van der Waals surface area (Å²) in [6.45, 7) is 0.785. The van der Waals surface area contributed by atoms with Crippen LogP contribution in [0.5, 0.6) is 0 Å². The SMILES string of the molecule is CNc1cc(C(=O)NCCNC(=O)C2CC2)c(Cl)cn1. The molecule has 3 N–H and O–H groups in total. The third-order valence-electron chi connectivity index (χ3n) is 3.01. The van der Waals surface area contributed by atoms with Gasteiger partial charge in [-0.1, -0.05) is 11.6 Å². The van der Waals surface area contributed by atoms with E-state index in [1.807, 2.05) is 0 Å². The minimum absolute atomic E-state index is 0.0682. The first-order chi connectivity index (χ1) is 9.61. The number of pyridine rings is 1. The molecule has 0 unspecified atom stereocenters. The van der Waals surface area contributed by atoms with Gasteiger partial charge in [0.2, 0.25) is 5.91 Å². The van der Waals surface area contributed by atoms with E-state index in [1.165, 1.54) is 6.20 Å². The summed E-state index contributed by atoms with van der Waals surface area (Å²) in [6, 6.07) is 1.58. The predicted octanol–water partition coefficient (Wildman–Crippen LogP) is 1.03. The van der Waals surface area contributed by atoms with Crippen molar-refractivity contribution >= 4 is 29.2 Å². The van der Waals surface area contributed by atoms with Crippen molar-refractivity contribution in [2.75, 3.05) is 25.5 Å². The Morgan fingerprint density at radius 1 is 1.35 bits per heavy atom. The van der Waals surface area contributed by atoms with Crippen LogP contribution in [0.2, 0.25) is 5.02 Å². The number of nitrogens with one attached hydrogen (secondary N) is 3. The van der Waals surface area contributed by atoms with E-state index in [9.17, 15) is 9.59 Å². The molecule has 0 aromatic carbocycles. The van der Waals surface area contributed by atoms with E-state index >= 15 is 0 Å². The number of aromatic nitrogens is 1. The van der Waals surface area contributed by atoms with Crippen molar-refractivity contribution in [3.05, 3.63) is 22.8 Å². The maximum atomic E-state index is 12.0. The van der Waals surface area contributed by atoms with Gasteiger partial charge in [0, 0.05) is 32.3 Å². The second kappa shape index (κ2) is 6.56. The second-order valence-electron chi connectivity index (χ2n) is 4.62. The van der Waals surface area contributed by atoms with Gasteiger partial charge in [0.05, 0.1) is 10.6 Å². The Hall–Kier alpha value is -1.82. The Kier molecular flexibility index (Phi) is 4.79. The molecular formula is C13H17ClN4O2. The zero-order valence-corrected chi connectivity index (χ0v) is 12.0. The molecule has 1 heterocycles. The topological polar surface area (TPSA) is 83.1 Å². The summed E-state index contributed by atoms with van der Waals surface area (Å²) >= 11 is 5.94. The first kappa shape index (κ1) is 14.6. The van der Waals surface area contributed by atoms with Crippen LogP contribution in [0, 0.1) is 5.92 Å². The van der Waals surface area contributed by atoms with Crippen LogP contribution in [0.25, 0.3) is 0 Å². The maximum Gasteiger partial charge on any atom is 0.253 e. The Morgan fingerprint density at radius 2 is 2.05 bits per heavy atom. The highest BCUT2D eigenvalue weighted by Crippen LogP contribution is 2.28. The van der Waals surface area contributed by atoms with Gasteiger partial charge in [-0.25, -0.2) is 4.98 Å². The number of hydrogen-bond acceptors (Lipinski definition) is 4. The van der Waals surface area contributed by atoms with Crippen LogP contribution in [-0.2, 0) is 4.79 Å². The summed E-state index contributed by atoms with van der Waals surface area (Å²) in [5.41, 5.74) is 0.361. The molecule has 20 heavy (non-hydrogen) atoms. The van der Waals surface area contributed by atoms with E-state index in [4.69, 9.17) is 11.6 Å². The van der Waals surface area contributed by atoms with Crippen LogP contribution >= 0.6 is 11.6 Å². The predicted molar refractivity (Wildman–Crippen MR) is 76.9 cm³/mol. The molecule has 1 aliphatic carbocycles. The molecule has 2 amide bonds. The standard InChI is InChI=1S/C13H17ClN4O2/c1-15-11-6-9(10(14)7-18-11)13(20)17-5-4-16-12(19)8-2-3-8/h6-8H,2-5H2,1H3,(H,15,18)(H,16,19)(H,17,20). The van der Waals surface area contributed by atoms with Gasteiger partial charge in [-0.05, 0) is 18.9 Å². The molecule has 0 bridgehead atoms. The lowest BCUT2D eigenvalue weighted by Gasteiger charge is -2.09. The maximum absolute atomic E-state index is 12.0. The molecule has 0 aliphatic heterocycles. The number of halogens is 1. The third kappa shape index (κ3) is 3.84. The number of hydrogen-bond donors (Lipinski definition) is 3. The van der Waals surface area contributed by atoms with Gasteiger partial charge in [0.1, 0.15) is 5.82 Å². The van der Waals surface area contributed by atoms with E-state index in [0.717, 1.165) is 12.8 Å². The summed E-state index contributed by atoms with van der Waals surface area (Å²) < 4.78 is 0. The molecule has 7 heteroatoms. The number of amides is 2. The molecule has 1 aliphatic rings. The minimum atomic E-state index is -0.283. The smallest absolute Gasteiger partial charge is 0.253 e. The quantitative estimate of drug-likeness (QED) is 0.685. The van der Waals surface area contributed by atoms with Crippen LogP contribution in [0.15, 0.2) is 12.3 Å². The Morgan fingerprint density at radius 3 is 2.70 bits per heavy atom. The highest BCUT2D eigenvalue weighted by molar-refractivity contribution is 6.33. The van der Waals surface area contributed by atoms with Crippen LogP contribution in [0.3, 0.4) is 0 Å². The molecule has 0 spiro atoms. The van der Waals surface area contributed by atoms with Gasteiger partial charge in [-0.15, -0.1) is 0 Å². The molecule has 0 radical (unpaired) electrons. The molecule has 0 atom stereocenters. The van der Waals surface area contributed by atoms with E-state index in [-0.39, 0.29) is 17.7 Å². The molecule has 1 fully saturated rings. The van der Waals surface area contributed by atoms with Gasteiger partial charge in [-0.3, -0.25) is 9.59 Å². The molecule has 2 rings (SSSR count). The number of nitrogens with zero attached hydrogens (tertiary/aromatic N) is 1. The van der Waals surface area contributed by atoms with E-state index in [2.05, 4.69) is 20.9 Å². The van der Waals surface area contributed by atoms with Crippen LogP contribution in [0.4, 0.5) is 5.82 Å². The van der Waals surface area contributed by atoms with Crippen molar-refractivity contribution in [3.8, 4) is 0 Å². The Labute approximate surface area is 122 Å². The zero-order chi connectivity index (χ0) is 14.5. The largest absolute Gasteiger partial charge is 0.373 e. The van der Waals surface area contributed by atoms with Gasteiger partial charge >= 0.3 is 0 Å². The molecule has 1 aromatic heterocycles. The fourth-order valence-electron chi connectivity index (χ4n) is 1.70. The summed E-state index contributed by atoms with van der Waals surface area (Å²) in [5.74, 6) is 0.536. The number of anilines is 1. The lowest BCUT2D eigenvalue weighted by molar-refractivity contribution is -0.122. The monoisotopic (exact) mass is 296 g/mol. The van der Waals surface area contributed by atoms with Gasteiger partial charge in [0.25, 0.3) is 5.91 Å². The van der Waals surface area contributed by atoms with Crippen molar-refractivity contribution in [1.29, 1.82) is 0 Å². The normalized spacial score (nSPS) is 13.7. The fraction of sp³-hybridized carbons (Fsp3) is 0.462. The minimum Gasteiger partial charge on any atom is -0.373 e. The first-order valence-corrected chi connectivity index (χ1v) is 6.89. The highest BCUT2D eigenvalue weighted by atomic mass is 35.5. The fourth-order valence-corrected chi connectivity index (χ4v) is 1.89. The third-order valence-corrected chi connectivity index (χ3v) is 3.32. The molecule has 1 aromatic rings. The van der Waals surface area contributed by atoms with Crippen LogP contribution in [0.1, 0.15) is 23.2 Å². The molecule has 0 saturated heterocycles. The van der Waals surface area contributed by atoms with Gasteiger partial charge in [0.15, 0.2) is 0 Å². The van der Waals surface area contributed by atoms with Crippen molar-refractivity contribution in [2.24, 2.45) is 5.92 Å². The summed E-state index contributed by atoms with van der Waals surface area (Å²) in [4.78, 5) is 27.4. The van der Waals surface area contributed by atoms with Crippen molar-refractivity contribution in [3.63, 3.8) is 0 Å².